The minimum Gasteiger partial charge on any atom is -0.480 e. The molecule has 0 aromatic carbocycles. The van der Waals surface area contributed by atoms with Crippen molar-refractivity contribution in [3.63, 3.8) is 0 Å². The summed E-state index contributed by atoms with van der Waals surface area (Å²) < 4.78 is 0. The first-order valence-electron chi connectivity index (χ1n) is 31.8. The Morgan fingerprint density at radius 3 is 1.48 bits per heavy atom. The normalized spacial score (nSPS) is 17.5. The molecule has 2 saturated heterocycles. The standard InChI is InChI=1S/C57H99N21O17/c1-31(81)45(76-52(90)40(29-80)75-50(88)38(25-32-27-65-30-67-32)74-49(87)36(17-18-43(62)82)71-51(89)39(28-79)68-44(83)26-61)55(93)78-24-10-16-42(78)54(92)77-23-9-15-41(77)53(91)72-35(13-4-7-21-60)47(85)69-33(11-2-5-19-58)46(84)70-34(12-3-6-20-59)48(86)73-37(56(94)95)14-8-22-66-57(63)64/h27,30-31,33-42,45,79-81H,2-26,28-29,58-61H2,1H3,(H2,62,82)(H,65,67)(H,68,83)(H,69,85)(H,70,84)(H,71,89)(H,72,91)(H,73,86)(H,74,87)(H,75,88)(H,76,90)(H,94,95)(H4,63,64,66)/t31-,33+,34+,35+,36+,37+,38+,39+,40+,41+,42+,45+/m1/s1. The molecule has 0 radical (unpaired) electrons. The molecule has 2 fully saturated rings. The molecule has 0 saturated carbocycles. The first-order chi connectivity index (χ1) is 45.2. The second kappa shape index (κ2) is 42.6. The number of carbonyl (C=O) groups is 13. The summed E-state index contributed by atoms with van der Waals surface area (Å²) in [4.78, 5) is 189. The van der Waals surface area contributed by atoms with Gasteiger partial charge in [-0.1, -0.05) is 0 Å². The number of carbonyl (C=O) groups excluding carboxylic acids is 12. The molecule has 1 aromatic rings. The molecule has 2 aliphatic rings. The Balaban J connectivity index is 1.83. The number of unbranched alkanes of at least 4 members (excludes halogenated alkanes) is 3. The molecule has 0 aliphatic carbocycles. The molecule has 0 spiro atoms. The Labute approximate surface area is 549 Å². The molecular weight excluding hydrogens is 1250 g/mol. The maximum absolute atomic E-state index is 14.6. The summed E-state index contributed by atoms with van der Waals surface area (Å²) in [5.41, 5.74) is 38.9. The lowest BCUT2D eigenvalue weighted by atomic mass is 10.0. The van der Waals surface area contributed by atoms with Gasteiger partial charge in [0.2, 0.25) is 70.9 Å². The summed E-state index contributed by atoms with van der Waals surface area (Å²) in [6, 6.07) is -16.1. The number of likely N-dealkylation sites (tertiary alicyclic amines) is 2. The van der Waals surface area contributed by atoms with Gasteiger partial charge in [-0.3, -0.25) is 62.5 Å². The number of rotatable bonds is 45. The predicted molar refractivity (Wildman–Crippen MR) is 339 cm³/mol. The maximum Gasteiger partial charge on any atom is 0.326 e. The lowest BCUT2D eigenvalue weighted by Crippen LogP contribution is -2.62. The van der Waals surface area contributed by atoms with E-state index in [0.717, 1.165) is 11.8 Å². The number of aliphatic hydroxyl groups excluding tert-OH is 3. The number of amides is 12. The highest BCUT2D eigenvalue weighted by Gasteiger charge is 2.46. The molecular formula is C57H99N21O17. The quantitative estimate of drug-likeness (QED) is 0.0164. The second-order valence-corrected chi connectivity index (χ2v) is 23.2. The third kappa shape index (κ3) is 27.3. The van der Waals surface area contributed by atoms with Crippen molar-refractivity contribution in [1.29, 1.82) is 0 Å². The van der Waals surface area contributed by atoms with Gasteiger partial charge in [0.05, 0.1) is 32.2 Å². The van der Waals surface area contributed by atoms with Gasteiger partial charge in [-0.25, -0.2) is 9.78 Å². The van der Waals surface area contributed by atoms with Crippen LogP contribution in [0.25, 0.3) is 0 Å². The molecule has 12 amide bonds. The highest BCUT2D eigenvalue weighted by molar-refractivity contribution is 6.00. The predicted octanol–water partition coefficient (Wildman–Crippen LogP) is -9.59. The number of carboxylic acids is 1. The van der Waals surface area contributed by atoms with Crippen LogP contribution in [0.4, 0.5) is 0 Å². The minimum absolute atomic E-state index is 0.0331. The van der Waals surface area contributed by atoms with Crippen molar-refractivity contribution in [3.05, 3.63) is 18.2 Å². The van der Waals surface area contributed by atoms with Crippen molar-refractivity contribution in [2.45, 2.75) is 195 Å². The summed E-state index contributed by atoms with van der Waals surface area (Å²) in [6.07, 6.45) is 3.10. The van der Waals surface area contributed by atoms with Crippen LogP contribution in [0.5, 0.6) is 0 Å². The van der Waals surface area contributed by atoms with Crippen LogP contribution >= 0.6 is 0 Å². The molecule has 38 heteroatoms. The Morgan fingerprint density at radius 1 is 0.568 bits per heavy atom. The van der Waals surface area contributed by atoms with Gasteiger partial charge in [0, 0.05) is 44.4 Å². The van der Waals surface area contributed by atoms with E-state index in [2.05, 4.69) is 62.8 Å². The number of hydrogen-bond acceptors (Lipinski definition) is 22. The van der Waals surface area contributed by atoms with Gasteiger partial charge in [0.1, 0.15) is 66.5 Å². The topological polar surface area (TPSA) is 641 Å². The first-order valence-corrected chi connectivity index (χ1v) is 31.8. The maximum atomic E-state index is 14.6. The fourth-order valence-electron chi connectivity index (χ4n) is 10.6. The van der Waals surface area contributed by atoms with Gasteiger partial charge in [0.15, 0.2) is 5.96 Å². The number of guanidine groups is 1. The third-order valence-electron chi connectivity index (χ3n) is 15.8. The summed E-state index contributed by atoms with van der Waals surface area (Å²) in [7, 11) is 0. The van der Waals surface area contributed by atoms with Crippen LogP contribution in [-0.2, 0) is 68.7 Å². The van der Waals surface area contributed by atoms with Crippen LogP contribution in [0.1, 0.15) is 122 Å². The molecule has 534 valence electrons. The smallest absolute Gasteiger partial charge is 0.326 e. The Hall–Kier alpha value is -8.69. The Kier molecular flexibility index (Phi) is 36.1. The number of nitrogens with one attached hydrogen (secondary N) is 10. The van der Waals surface area contributed by atoms with Crippen molar-refractivity contribution in [1.82, 2.24) is 67.6 Å². The monoisotopic (exact) mass is 1350 g/mol. The molecule has 2 aliphatic heterocycles. The number of primary amides is 1. The van der Waals surface area contributed by atoms with E-state index < -0.39 is 182 Å². The third-order valence-corrected chi connectivity index (χ3v) is 15.8. The lowest BCUT2D eigenvalue weighted by Gasteiger charge is -2.34. The zero-order valence-electron chi connectivity index (χ0n) is 53.6. The van der Waals surface area contributed by atoms with Gasteiger partial charge in [-0.15, -0.1) is 0 Å². The van der Waals surface area contributed by atoms with Gasteiger partial charge in [-0.2, -0.15) is 0 Å². The summed E-state index contributed by atoms with van der Waals surface area (Å²) in [5, 5.41) is 63.3. The van der Waals surface area contributed by atoms with Gasteiger partial charge in [-0.05, 0) is 129 Å². The zero-order chi connectivity index (χ0) is 70.7. The fraction of sp³-hybridized carbons (Fsp3) is 0.702. The minimum atomic E-state index is -1.87. The van der Waals surface area contributed by atoms with Gasteiger partial charge < -0.3 is 123 Å². The van der Waals surface area contributed by atoms with E-state index in [1.807, 2.05) is 0 Å². The van der Waals surface area contributed by atoms with Crippen LogP contribution in [0, 0.1) is 0 Å². The van der Waals surface area contributed by atoms with Gasteiger partial charge in [0.25, 0.3) is 0 Å². The number of aliphatic hydroxyl groups is 3. The van der Waals surface area contributed by atoms with Crippen molar-refractivity contribution in [2.75, 3.05) is 59.0 Å². The number of aromatic nitrogens is 2. The van der Waals surface area contributed by atoms with E-state index in [0.29, 0.717) is 44.9 Å². The van der Waals surface area contributed by atoms with E-state index >= 15 is 0 Å². The van der Waals surface area contributed by atoms with E-state index in [4.69, 9.17) is 40.1 Å². The van der Waals surface area contributed by atoms with E-state index in [9.17, 15) is 82.8 Å². The summed E-state index contributed by atoms with van der Waals surface area (Å²) in [6.45, 7) is -0.593. The Bertz CT molecular complexity index is 2740. The Morgan fingerprint density at radius 2 is 1.01 bits per heavy atom. The summed E-state index contributed by atoms with van der Waals surface area (Å²) in [5.74, 6) is -12.4. The number of carboxylic acid groups (broad SMARTS) is 1. The lowest BCUT2D eigenvalue weighted by molar-refractivity contribution is -0.149. The van der Waals surface area contributed by atoms with E-state index in [1.54, 1.807) is 0 Å². The molecule has 3 heterocycles. The zero-order valence-corrected chi connectivity index (χ0v) is 53.6. The molecule has 0 unspecified atom stereocenters. The van der Waals surface area contributed by atoms with Crippen LogP contribution < -0.4 is 88.0 Å². The summed E-state index contributed by atoms with van der Waals surface area (Å²) >= 11 is 0. The SMILES string of the molecule is C[C@@H](O)[C@H](NC(=O)[C@H](CO)NC(=O)[C@H](Cc1cnc[nH]1)NC(=O)[C@H](CCC(N)=O)NC(=O)[C@H](CO)NC(=O)CN)C(=O)N1CCC[C@H]1C(=O)N1CCC[C@H]1C(=O)N[C@@H](CCCCN)C(=O)N[C@@H](CCCCN)C(=O)N[C@@H](CCCCN)C(=O)N[C@@H](CCCN=C(N)N)C(=O)O. The number of aromatic amines is 1. The number of H-pyrrole nitrogens is 1. The molecule has 38 nitrogen and oxygen atoms in total. The molecule has 95 heavy (non-hydrogen) atoms. The fourth-order valence-corrected chi connectivity index (χ4v) is 10.6. The number of imidazole rings is 1. The number of nitrogens with two attached hydrogens (primary N) is 7. The number of aliphatic imine (C=N–C) groups is 1. The van der Waals surface area contributed by atoms with E-state index in [-0.39, 0.29) is 109 Å². The molecule has 3 rings (SSSR count). The van der Waals surface area contributed by atoms with E-state index in [1.165, 1.54) is 17.4 Å². The van der Waals surface area contributed by atoms with Crippen molar-refractivity contribution >= 4 is 82.8 Å². The van der Waals surface area contributed by atoms with Crippen molar-refractivity contribution in [2.24, 2.45) is 45.1 Å². The average molecular weight is 1350 g/mol. The molecule has 28 N–H and O–H groups in total. The van der Waals surface area contributed by atoms with Crippen LogP contribution in [-0.4, -0.2) is 255 Å². The highest BCUT2D eigenvalue weighted by atomic mass is 16.4. The number of hydrogen-bond donors (Lipinski definition) is 21. The average Bonchev–Trinajstić information content (AvgIpc) is 1.69. The van der Waals surface area contributed by atoms with Gasteiger partial charge >= 0.3 is 5.97 Å². The molecule has 12 atom stereocenters. The largest absolute Gasteiger partial charge is 0.480 e. The van der Waals surface area contributed by atoms with Crippen molar-refractivity contribution < 1.29 is 82.8 Å². The molecule has 0 bridgehead atoms. The second-order valence-electron chi connectivity index (χ2n) is 23.2. The highest BCUT2D eigenvalue weighted by Crippen LogP contribution is 2.26. The molecule has 1 aromatic heterocycles. The number of aliphatic carboxylic acids is 1. The van der Waals surface area contributed by atoms with Crippen LogP contribution in [0.15, 0.2) is 17.5 Å². The number of nitrogens with zero attached hydrogens (tertiary/aromatic N) is 4. The first kappa shape index (κ1) is 80.5. The van der Waals surface area contributed by atoms with Crippen LogP contribution in [0.2, 0.25) is 0 Å². The van der Waals surface area contributed by atoms with Crippen molar-refractivity contribution in [3.8, 4) is 0 Å². The van der Waals surface area contributed by atoms with Crippen LogP contribution in [0.3, 0.4) is 0 Å².